The van der Waals surface area contributed by atoms with Crippen LogP contribution in [0.15, 0.2) is 52.9 Å². The first-order valence-electron chi connectivity index (χ1n) is 19.5. The molecule has 1 heterocycles. The number of carbonyl (C=O) groups excluding carboxylic acids is 2. The molecule has 12 heteroatoms. The molecule has 0 aromatic heterocycles. The van der Waals surface area contributed by atoms with Crippen LogP contribution in [0.3, 0.4) is 0 Å². The second-order valence-electron chi connectivity index (χ2n) is 16.1. The molecule has 2 amide bonds. The van der Waals surface area contributed by atoms with Crippen molar-refractivity contribution in [1.82, 2.24) is 5.32 Å². The summed E-state index contributed by atoms with van der Waals surface area (Å²) in [5, 5.41) is 4.04. The Morgan fingerprint density at radius 1 is 1.13 bits per heavy atom. The third kappa shape index (κ3) is 9.64. The average molecular weight is 782 g/mol. The monoisotopic (exact) mass is 781 g/mol. The maximum Gasteiger partial charge on any atom is 0.290 e. The van der Waals surface area contributed by atoms with Gasteiger partial charge in [-0.2, -0.15) is 4.21 Å². The van der Waals surface area contributed by atoms with Crippen LogP contribution in [-0.4, -0.2) is 80.4 Å². The fourth-order valence-electron chi connectivity index (χ4n) is 8.90. The van der Waals surface area contributed by atoms with Gasteiger partial charge >= 0.3 is 0 Å². The molecule has 0 bridgehead atoms. The van der Waals surface area contributed by atoms with Crippen LogP contribution in [0.4, 0.5) is 5.69 Å². The third-order valence-corrected chi connectivity index (χ3v) is 12.7. The lowest BCUT2D eigenvalue weighted by Gasteiger charge is -2.46. The van der Waals surface area contributed by atoms with Gasteiger partial charge in [-0.25, -0.2) is 0 Å². The largest absolute Gasteiger partial charge is 0.490 e. The molecule has 2 fully saturated rings. The fraction of sp³-hybridized carbons (Fsp3) is 0.619. The highest BCUT2D eigenvalue weighted by Crippen LogP contribution is 2.47. The first kappa shape index (κ1) is 40.6. The van der Waals surface area contributed by atoms with E-state index in [1.54, 1.807) is 28.1 Å². The summed E-state index contributed by atoms with van der Waals surface area (Å²) in [7, 11) is 3.51. The zero-order chi connectivity index (χ0) is 38.3. The number of fused-ring (bicyclic) bond motifs is 3. The Balaban J connectivity index is 1.18. The molecule has 6 rings (SSSR count). The minimum absolute atomic E-state index is 0.100. The Bertz CT molecular complexity index is 1720. The molecule has 10 nitrogen and oxygen atoms in total. The lowest BCUT2D eigenvalue weighted by Crippen LogP contribution is -2.49. The number of nitrogens with zero attached hydrogens (tertiary/aromatic N) is 2. The Kier molecular flexibility index (Phi) is 13.7. The highest BCUT2D eigenvalue weighted by molar-refractivity contribution is 7.55. The number of carbonyl (C=O) groups is 2. The lowest BCUT2D eigenvalue weighted by atomic mass is 9.68. The number of hydrogen-bond acceptors (Lipinski definition) is 8. The first-order chi connectivity index (χ1) is 26.0. The molecule has 1 spiro atoms. The van der Waals surface area contributed by atoms with Gasteiger partial charge < -0.3 is 29.2 Å². The second-order valence-corrected chi connectivity index (χ2v) is 16.9. The number of rotatable bonds is 14. The van der Waals surface area contributed by atoms with E-state index in [0.717, 1.165) is 92.9 Å². The van der Waals surface area contributed by atoms with Crippen LogP contribution in [0, 0.1) is 11.8 Å². The standard InChI is InChI=1S/C42H56ClN3O7S/c1-41(2,40(48)45-54-49)53-22-6-8-37(51-4)34-17-11-30(34)25-46-26-42(21-5-7-29-24-31(43)12-18-35(29)42)27-52-38-19-9-28(23-36(38)46)10-20-39(47)44-32-13-15-33(50-3)16-14-32/h6,8-9,12,18-19,23-24,30,32-34,37H,5,7,10-11,13-17,20-22,25-27H2,1-4H3,(H,44,47)/b8-6+/t30-,32-,33-,34+,37-,42-/m0/s1. The molecule has 2 saturated carbocycles. The smallest absolute Gasteiger partial charge is 0.290 e. The van der Waals surface area contributed by atoms with Crippen molar-refractivity contribution in [3.05, 3.63) is 70.3 Å². The summed E-state index contributed by atoms with van der Waals surface area (Å²) in [6.45, 7) is 5.69. The van der Waals surface area contributed by atoms with Crippen molar-refractivity contribution >= 4 is 40.6 Å². The van der Waals surface area contributed by atoms with Crippen molar-refractivity contribution in [2.75, 3.05) is 45.4 Å². The molecule has 4 aliphatic rings. The maximum atomic E-state index is 13.1. The number of benzene rings is 2. The predicted molar refractivity (Wildman–Crippen MR) is 211 cm³/mol. The van der Waals surface area contributed by atoms with E-state index in [9.17, 15) is 13.8 Å². The molecule has 0 radical (unpaired) electrons. The third-order valence-electron chi connectivity index (χ3n) is 12.2. The number of nitrogens with one attached hydrogen (secondary N) is 1. The number of anilines is 1. The normalized spacial score (nSPS) is 25.8. The summed E-state index contributed by atoms with van der Waals surface area (Å²) in [6, 6.07) is 13.0. The van der Waals surface area contributed by atoms with E-state index in [1.165, 1.54) is 11.1 Å². The van der Waals surface area contributed by atoms with Crippen LogP contribution < -0.4 is 15.0 Å². The van der Waals surface area contributed by atoms with Crippen molar-refractivity contribution in [2.45, 2.75) is 114 Å². The van der Waals surface area contributed by atoms with Crippen molar-refractivity contribution in [1.29, 1.82) is 0 Å². The Morgan fingerprint density at radius 3 is 2.67 bits per heavy atom. The SMILES string of the molecule is CO[C@@H](/C=C/COC(C)(C)C(=O)N=S=O)[C@@H]1CC[C@H]1CN1C[C@@]2(CCCc3cc(Cl)ccc32)COc2ccc(CCC(=O)N[C@H]3CC[C@H](OC)CC3)cc21. The number of ether oxygens (including phenoxy) is 4. The maximum absolute atomic E-state index is 13.1. The van der Waals surface area contributed by atoms with E-state index in [1.807, 2.05) is 18.2 Å². The number of hydrogen-bond donors (Lipinski definition) is 1. The zero-order valence-electron chi connectivity index (χ0n) is 32.2. The summed E-state index contributed by atoms with van der Waals surface area (Å²) >= 11 is 6.39. The van der Waals surface area contributed by atoms with Gasteiger partial charge in [-0.3, -0.25) is 9.59 Å². The van der Waals surface area contributed by atoms with Crippen LogP contribution in [0.1, 0.15) is 88.3 Å². The minimum Gasteiger partial charge on any atom is -0.490 e. The van der Waals surface area contributed by atoms with Gasteiger partial charge in [0.15, 0.2) is 0 Å². The van der Waals surface area contributed by atoms with E-state index in [2.05, 4.69) is 44.9 Å². The van der Waals surface area contributed by atoms with E-state index in [-0.39, 0.29) is 41.5 Å². The molecular formula is C42H56ClN3O7S. The van der Waals surface area contributed by atoms with Crippen molar-refractivity contribution in [3.8, 4) is 5.75 Å². The van der Waals surface area contributed by atoms with E-state index < -0.39 is 11.5 Å². The van der Waals surface area contributed by atoms with Gasteiger partial charge in [0, 0.05) is 50.2 Å². The number of aryl methyl sites for hydroxylation is 2. The molecule has 2 aromatic rings. The summed E-state index contributed by atoms with van der Waals surface area (Å²) in [5.74, 6) is 1.08. The van der Waals surface area contributed by atoms with Gasteiger partial charge in [-0.1, -0.05) is 35.9 Å². The molecule has 294 valence electrons. The molecular weight excluding hydrogens is 726 g/mol. The molecule has 2 aromatic carbocycles. The zero-order valence-corrected chi connectivity index (χ0v) is 33.7. The topological polar surface area (TPSA) is 116 Å². The fourth-order valence-corrected chi connectivity index (χ4v) is 9.38. The Morgan fingerprint density at radius 2 is 1.94 bits per heavy atom. The highest BCUT2D eigenvalue weighted by atomic mass is 35.5. The second kappa shape index (κ2) is 18.2. The number of amides is 2. The summed E-state index contributed by atoms with van der Waals surface area (Å²) in [5.41, 5.74) is 3.48. The molecule has 1 N–H and O–H groups in total. The summed E-state index contributed by atoms with van der Waals surface area (Å²) in [4.78, 5) is 27.7. The van der Waals surface area contributed by atoms with Crippen molar-refractivity contribution < 1.29 is 32.7 Å². The van der Waals surface area contributed by atoms with Crippen LogP contribution >= 0.6 is 11.6 Å². The van der Waals surface area contributed by atoms with Crippen molar-refractivity contribution in [3.63, 3.8) is 0 Å². The van der Waals surface area contributed by atoms with Gasteiger partial charge in [0.1, 0.15) is 11.4 Å². The van der Waals surface area contributed by atoms with E-state index in [0.29, 0.717) is 37.4 Å². The number of methoxy groups -OCH3 is 2. The summed E-state index contributed by atoms with van der Waals surface area (Å²) < 4.78 is 38.1. The van der Waals surface area contributed by atoms with E-state index >= 15 is 0 Å². The molecule has 54 heavy (non-hydrogen) atoms. The van der Waals surface area contributed by atoms with Crippen molar-refractivity contribution in [2.24, 2.45) is 16.2 Å². The van der Waals surface area contributed by atoms with Gasteiger partial charge in [0.05, 0.1) is 31.1 Å². The van der Waals surface area contributed by atoms with Crippen LogP contribution in [-0.2, 0) is 53.5 Å². The number of halogens is 1. The Hall–Kier alpha value is -3.09. The van der Waals surface area contributed by atoms with Crippen LogP contribution in [0.25, 0.3) is 0 Å². The average Bonchev–Trinajstić information content (AvgIpc) is 3.30. The molecule has 4 atom stereocenters. The van der Waals surface area contributed by atoms with Gasteiger partial charge in [0.25, 0.3) is 5.91 Å². The molecule has 0 saturated heterocycles. The van der Waals surface area contributed by atoms with E-state index in [4.69, 9.17) is 30.5 Å². The molecule has 1 aliphatic heterocycles. The minimum atomic E-state index is -1.18. The predicted octanol–water partition coefficient (Wildman–Crippen LogP) is 7.14. The van der Waals surface area contributed by atoms with Crippen LogP contribution in [0.2, 0.25) is 5.02 Å². The van der Waals surface area contributed by atoms with Gasteiger partial charge in [-0.15, -0.1) is 4.36 Å². The summed E-state index contributed by atoms with van der Waals surface area (Å²) in [6.07, 6.45) is 14.4. The van der Waals surface area contributed by atoms with Crippen LogP contribution in [0.5, 0.6) is 5.75 Å². The molecule has 0 unspecified atom stereocenters. The first-order valence-corrected chi connectivity index (χ1v) is 20.6. The molecule has 3 aliphatic carbocycles. The highest BCUT2D eigenvalue weighted by Gasteiger charge is 2.44. The lowest BCUT2D eigenvalue weighted by molar-refractivity contribution is -0.137. The quantitative estimate of drug-likeness (QED) is 0.201. The van der Waals surface area contributed by atoms with Gasteiger partial charge in [0.2, 0.25) is 17.4 Å². The Labute approximate surface area is 328 Å². The van der Waals surface area contributed by atoms with Gasteiger partial charge in [-0.05, 0) is 131 Å².